The lowest BCUT2D eigenvalue weighted by atomic mass is 9.84. The standard InChI is InChI=1S/C27H31F2N3O4/c1-2-35-26(34)20-9-6-14-32(23(20)19-7-4-3-5-8-19)25(33)21-12-13-22(31-16-27(28,29)17-31)24(30-21)36-15-18-10-11-18/h3-5,7-8,12-13,18,20,23H,2,6,9-11,14-17H2,1H3. The van der Waals surface area contributed by atoms with Crippen LogP contribution in [0.1, 0.15) is 54.7 Å². The Bertz CT molecular complexity index is 1100. The fourth-order valence-electron chi connectivity index (χ4n) is 4.99. The summed E-state index contributed by atoms with van der Waals surface area (Å²) in [6.07, 6.45) is 3.41. The molecule has 7 nitrogen and oxygen atoms in total. The molecular formula is C27H31F2N3O4. The number of aromatic nitrogens is 1. The number of piperidine rings is 1. The number of hydrogen-bond acceptors (Lipinski definition) is 6. The summed E-state index contributed by atoms with van der Waals surface area (Å²) in [7, 11) is 0. The zero-order valence-corrected chi connectivity index (χ0v) is 20.4. The number of carbonyl (C=O) groups is 2. The van der Waals surface area contributed by atoms with Crippen LogP contribution in [0.15, 0.2) is 42.5 Å². The van der Waals surface area contributed by atoms with Gasteiger partial charge in [-0.05, 0) is 56.2 Å². The van der Waals surface area contributed by atoms with E-state index in [-0.39, 0.29) is 30.1 Å². The molecule has 192 valence electrons. The second-order valence-electron chi connectivity index (χ2n) is 9.84. The predicted molar refractivity (Wildman–Crippen MR) is 129 cm³/mol. The third-order valence-electron chi connectivity index (χ3n) is 7.02. The average molecular weight is 500 g/mol. The number of nitrogens with zero attached hydrogens (tertiary/aromatic N) is 3. The molecule has 5 rings (SSSR count). The van der Waals surface area contributed by atoms with Gasteiger partial charge in [-0.2, -0.15) is 0 Å². The maximum atomic E-state index is 13.8. The molecule has 2 atom stereocenters. The second kappa shape index (κ2) is 10.0. The Hall–Kier alpha value is -3.23. The number of esters is 1. The lowest BCUT2D eigenvalue weighted by molar-refractivity contribution is -0.151. The molecule has 2 aliphatic heterocycles. The zero-order valence-electron chi connectivity index (χ0n) is 20.4. The van der Waals surface area contributed by atoms with Crippen LogP contribution in [0.3, 0.4) is 0 Å². The fraction of sp³-hybridized carbons (Fsp3) is 0.519. The first-order chi connectivity index (χ1) is 17.4. The van der Waals surface area contributed by atoms with E-state index in [1.807, 2.05) is 30.3 Å². The average Bonchev–Trinajstić information content (AvgIpc) is 3.70. The number of ether oxygens (including phenoxy) is 2. The highest BCUT2D eigenvalue weighted by molar-refractivity contribution is 5.94. The molecule has 36 heavy (non-hydrogen) atoms. The number of anilines is 1. The molecule has 3 heterocycles. The molecule has 9 heteroatoms. The Morgan fingerprint density at radius 3 is 2.50 bits per heavy atom. The van der Waals surface area contributed by atoms with Gasteiger partial charge in [-0.3, -0.25) is 9.59 Å². The predicted octanol–water partition coefficient (Wildman–Crippen LogP) is 4.48. The summed E-state index contributed by atoms with van der Waals surface area (Å²) < 4.78 is 38.3. The summed E-state index contributed by atoms with van der Waals surface area (Å²) in [5.74, 6) is -3.22. The number of amides is 1. The van der Waals surface area contributed by atoms with Crippen molar-refractivity contribution in [3.63, 3.8) is 0 Å². The van der Waals surface area contributed by atoms with Crippen molar-refractivity contribution in [1.82, 2.24) is 9.88 Å². The van der Waals surface area contributed by atoms with Crippen molar-refractivity contribution in [2.75, 3.05) is 37.7 Å². The molecule has 1 amide bonds. The van der Waals surface area contributed by atoms with Crippen LogP contribution in [0.2, 0.25) is 0 Å². The van der Waals surface area contributed by atoms with Crippen LogP contribution in [0, 0.1) is 11.8 Å². The highest BCUT2D eigenvalue weighted by Gasteiger charge is 2.45. The van der Waals surface area contributed by atoms with Crippen molar-refractivity contribution in [2.24, 2.45) is 11.8 Å². The fourth-order valence-corrected chi connectivity index (χ4v) is 4.99. The van der Waals surface area contributed by atoms with Crippen LogP contribution in [0.5, 0.6) is 5.88 Å². The van der Waals surface area contributed by atoms with Crippen LogP contribution < -0.4 is 9.64 Å². The van der Waals surface area contributed by atoms with E-state index in [4.69, 9.17) is 9.47 Å². The van der Waals surface area contributed by atoms with E-state index in [9.17, 15) is 18.4 Å². The minimum absolute atomic E-state index is 0.169. The van der Waals surface area contributed by atoms with Crippen LogP contribution in [0.25, 0.3) is 0 Å². The summed E-state index contributed by atoms with van der Waals surface area (Å²) in [6.45, 7) is 2.16. The van der Waals surface area contributed by atoms with Gasteiger partial charge in [0, 0.05) is 6.54 Å². The van der Waals surface area contributed by atoms with Crippen LogP contribution in [-0.2, 0) is 9.53 Å². The number of likely N-dealkylation sites (tertiary alicyclic amines) is 1. The van der Waals surface area contributed by atoms with Gasteiger partial charge in [-0.1, -0.05) is 30.3 Å². The summed E-state index contributed by atoms with van der Waals surface area (Å²) in [5, 5.41) is 0. The quantitative estimate of drug-likeness (QED) is 0.499. The zero-order chi connectivity index (χ0) is 25.3. The van der Waals surface area contributed by atoms with Gasteiger partial charge >= 0.3 is 5.97 Å². The highest BCUT2D eigenvalue weighted by Crippen LogP contribution is 2.40. The molecule has 0 radical (unpaired) electrons. The summed E-state index contributed by atoms with van der Waals surface area (Å²) >= 11 is 0. The van der Waals surface area contributed by atoms with Gasteiger partial charge < -0.3 is 19.3 Å². The first kappa shape index (κ1) is 24.5. The molecule has 1 aliphatic carbocycles. The van der Waals surface area contributed by atoms with Gasteiger partial charge in [-0.15, -0.1) is 0 Å². The van der Waals surface area contributed by atoms with E-state index in [1.54, 1.807) is 24.0 Å². The molecule has 2 unspecified atom stereocenters. The number of pyridine rings is 1. The summed E-state index contributed by atoms with van der Waals surface area (Å²) in [4.78, 5) is 34.4. The van der Waals surface area contributed by atoms with Crippen molar-refractivity contribution in [1.29, 1.82) is 0 Å². The Kier molecular flexibility index (Phi) is 6.81. The molecule has 2 aromatic rings. The van der Waals surface area contributed by atoms with E-state index in [0.717, 1.165) is 18.4 Å². The van der Waals surface area contributed by atoms with Crippen LogP contribution in [-0.4, -0.2) is 60.5 Å². The molecule has 3 aliphatic rings. The van der Waals surface area contributed by atoms with E-state index in [0.29, 0.717) is 37.6 Å². The number of benzene rings is 1. The number of carbonyl (C=O) groups excluding carboxylic acids is 2. The van der Waals surface area contributed by atoms with Gasteiger partial charge in [0.2, 0.25) is 5.88 Å². The van der Waals surface area contributed by atoms with E-state index >= 15 is 0 Å². The molecule has 2 saturated heterocycles. The Labute approximate surface area is 209 Å². The van der Waals surface area contributed by atoms with Crippen molar-refractivity contribution in [3.8, 4) is 5.88 Å². The van der Waals surface area contributed by atoms with Crippen molar-refractivity contribution < 1.29 is 27.8 Å². The lowest BCUT2D eigenvalue weighted by Gasteiger charge is -2.41. The summed E-state index contributed by atoms with van der Waals surface area (Å²) in [6, 6.07) is 12.2. The molecule has 1 saturated carbocycles. The van der Waals surface area contributed by atoms with Crippen molar-refractivity contribution >= 4 is 17.6 Å². The van der Waals surface area contributed by atoms with Crippen molar-refractivity contribution in [2.45, 2.75) is 44.6 Å². The number of alkyl halides is 2. The number of hydrogen-bond donors (Lipinski definition) is 0. The molecule has 0 N–H and O–H groups in total. The number of halogens is 2. The van der Waals surface area contributed by atoms with Gasteiger partial charge in [0.1, 0.15) is 11.4 Å². The number of rotatable bonds is 8. The Morgan fingerprint density at radius 1 is 1.08 bits per heavy atom. The first-order valence-electron chi connectivity index (χ1n) is 12.7. The maximum Gasteiger partial charge on any atom is 0.311 e. The molecule has 1 aromatic heterocycles. The highest BCUT2D eigenvalue weighted by atomic mass is 19.3. The smallest absolute Gasteiger partial charge is 0.311 e. The normalized spacial score (nSPS) is 23.1. The summed E-state index contributed by atoms with van der Waals surface area (Å²) in [5.41, 5.74) is 1.50. The van der Waals surface area contributed by atoms with E-state index in [2.05, 4.69) is 4.98 Å². The van der Waals surface area contributed by atoms with Crippen molar-refractivity contribution in [3.05, 3.63) is 53.7 Å². The Morgan fingerprint density at radius 2 is 1.83 bits per heavy atom. The SMILES string of the molecule is CCOC(=O)C1CCCN(C(=O)c2ccc(N3CC(F)(F)C3)c(OCC3CC3)n2)C1c1ccccc1. The lowest BCUT2D eigenvalue weighted by Crippen LogP contribution is -2.56. The van der Waals surface area contributed by atoms with E-state index in [1.165, 1.54) is 4.90 Å². The topological polar surface area (TPSA) is 72.0 Å². The van der Waals surface area contributed by atoms with Gasteiger partial charge in [-0.25, -0.2) is 13.8 Å². The largest absolute Gasteiger partial charge is 0.476 e. The van der Waals surface area contributed by atoms with Gasteiger partial charge in [0.05, 0.1) is 38.3 Å². The monoisotopic (exact) mass is 499 g/mol. The maximum absolute atomic E-state index is 13.8. The molecule has 1 aromatic carbocycles. The molecule has 0 bridgehead atoms. The second-order valence-corrected chi connectivity index (χ2v) is 9.84. The third kappa shape index (κ3) is 5.15. The minimum atomic E-state index is -2.74. The first-order valence-corrected chi connectivity index (χ1v) is 12.7. The molecule has 3 fully saturated rings. The molecule has 0 spiro atoms. The third-order valence-corrected chi connectivity index (χ3v) is 7.02. The van der Waals surface area contributed by atoms with Gasteiger partial charge in [0.15, 0.2) is 0 Å². The minimum Gasteiger partial charge on any atom is -0.476 e. The van der Waals surface area contributed by atoms with Crippen LogP contribution >= 0.6 is 0 Å². The van der Waals surface area contributed by atoms with Gasteiger partial charge in [0.25, 0.3) is 11.8 Å². The molecular weight excluding hydrogens is 468 g/mol. The van der Waals surface area contributed by atoms with Crippen LogP contribution in [0.4, 0.5) is 14.5 Å². The van der Waals surface area contributed by atoms with E-state index < -0.39 is 31.0 Å². The Balaban J connectivity index is 1.44.